The lowest BCUT2D eigenvalue weighted by Crippen LogP contribution is -2.22. The fourth-order valence-corrected chi connectivity index (χ4v) is 2.81. The monoisotopic (exact) mass is 365 g/mol. The third kappa shape index (κ3) is 4.98. The topological polar surface area (TPSA) is 55.4 Å². The van der Waals surface area contributed by atoms with Crippen LogP contribution in [-0.4, -0.2) is 18.5 Å². The second-order valence-electron chi connectivity index (χ2n) is 5.42. The molecule has 0 saturated heterocycles. The first-order valence-electron chi connectivity index (χ1n) is 7.32. The SMILES string of the molecule is Cc1cc(C)c(NC(=O)COC(=O)Cc2ccccc2Cl)c(Cl)c1. The minimum atomic E-state index is -0.523. The largest absolute Gasteiger partial charge is 0.455 e. The number of esters is 1. The van der Waals surface area contributed by atoms with Gasteiger partial charge in [0.2, 0.25) is 0 Å². The predicted octanol–water partition coefficient (Wildman–Crippen LogP) is 4.33. The number of benzene rings is 2. The molecule has 6 heteroatoms. The summed E-state index contributed by atoms with van der Waals surface area (Å²) in [5.74, 6) is -0.971. The molecule has 2 aromatic carbocycles. The van der Waals surface area contributed by atoms with Crippen LogP contribution in [0.3, 0.4) is 0 Å². The number of anilines is 1. The van der Waals surface area contributed by atoms with Crippen LogP contribution in [0.4, 0.5) is 5.69 Å². The molecule has 1 N–H and O–H groups in total. The summed E-state index contributed by atoms with van der Waals surface area (Å²) in [4.78, 5) is 23.8. The molecule has 0 aromatic heterocycles. The molecule has 2 aromatic rings. The summed E-state index contributed by atoms with van der Waals surface area (Å²) < 4.78 is 4.99. The Morgan fingerprint density at radius 3 is 2.46 bits per heavy atom. The molecule has 126 valence electrons. The third-order valence-corrected chi connectivity index (χ3v) is 4.02. The van der Waals surface area contributed by atoms with E-state index in [0.29, 0.717) is 21.3 Å². The lowest BCUT2D eigenvalue weighted by atomic mass is 10.1. The highest BCUT2D eigenvalue weighted by Crippen LogP contribution is 2.27. The van der Waals surface area contributed by atoms with E-state index in [0.717, 1.165) is 11.1 Å². The molecule has 1 amide bonds. The highest BCUT2D eigenvalue weighted by molar-refractivity contribution is 6.34. The zero-order valence-electron chi connectivity index (χ0n) is 13.4. The van der Waals surface area contributed by atoms with Crippen LogP contribution in [0.5, 0.6) is 0 Å². The first kappa shape index (κ1) is 18.3. The summed E-state index contributed by atoms with van der Waals surface area (Å²) in [5.41, 5.74) is 3.02. The Morgan fingerprint density at radius 2 is 1.79 bits per heavy atom. The number of halogens is 2. The van der Waals surface area contributed by atoms with E-state index in [4.69, 9.17) is 27.9 Å². The Morgan fingerprint density at radius 1 is 1.08 bits per heavy atom. The minimum absolute atomic E-state index is 0.0112. The van der Waals surface area contributed by atoms with Crippen LogP contribution in [0.1, 0.15) is 16.7 Å². The highest BCUT2D eigenvalue weighted by atomic mass is 35.5. The number of amides is 1. The van der Waals surface area contributed by atoms with Gasteiger partial charge in [-0.3, -0.25) is 9.59 Å². The quantitative estimate of drug-likeness (QED) is 0.802. The Labute approximate surface area is 150 Å². The standard InChI is InChI=1S/C18H17Cl2NO3/c1-11-7-12(2)18(15(20)8-11)21-16(22)10-24-17(23)9-13-5-3-4-6-14(13)19/h3-8H,9-10H2,1-2H3,(H,21,22). The molecule has 2 rings (SSSR count). The van der Waals surface area contributed by atoms with Gasteiger partial charge in [-0.1, -0.05) is 47.5 Å². The summed E-state index contributed by atoms with van der Waals surface area (Å²) in [7, 11) is 0. The lowest BCUT2D eigenvalue weighted by Gasteiger charge is -2.12. The molecule has 0 aliphatic heterocycles. The van der Waals surface area contributed by atoms with Crippen molar-refractivity contribution in [2.75, 3.05) is 11.9 Å². The summed E-state index contributed by atoms with van der Waals surface area (Å²) in [5, 5.41) is 3.60. The third-order valence-electron chi connectivity index (χ3n) is 3.35. The molecule has 0 heterocycles. The van der Waals surface area contributed by atoms with E-state index >= 15 is 0 Å². The first-order valence-corrected chi connectivity index (χ1v) is 8.08. The molecule has 0 atom stereocenters. The van der Waals surface area contributed by atoms with E-state index in [1.165, 1.54) is 0 Å². The Balaban J connectivity index is 1.90. The van der Waals surface area contributed by atoms with Crippen molar-refractivity contribution >= 4 is 40.8 Å². The van der Waals surface area contributed by atoms with Crippen LogP contribution >= 0.6 is 23.2 Å². The van der Waals surface area contributed by atoms with E-state index in [2.05, 4.69) is 5.32 Å². The van der Waals surface area contributed by atoms with Gasteiger partial charge in [-0.05, 0) is 42.7 Å². The van der Waals surface area contributed by atoms with Gasteiger partial charge in [-0.15, -0.1) is 0 Å². The van der Waals surface area contributed by atoms with E-state index < -0.39 is 11.9 Å². The molecule has 0 radical (unpaired) electrons. The average Bonchev–Trinajstić information content (AvgIpc) is 2.51. The maximum absolute atomic E-state index is 12.0. The van der Waals surface area contributed by atoms with Crippen molar-refractivity contribution < 1.29 is 14.3 Å². The smallest absolute Gasteiger partial charge is 0.310 e. The molecule has 0 fully saturated rings. The molecule has 0 saturated carbocycles. The lowest BCUT2D eigenvalue weighted by molar-refractivity contribution is -0.146. The second kappa shape index (κ2) is 8.18. The van der Waals surface area contributed by atoms with E-state index in [1.807, 2.05) is 19.9 Å². The van der Waals surface area contributed by atoms with E-state index in [9.17, 15) is 9.59 Å². The number of ether oxygens (including phenoxy) is 1. The minimum Gasteiger partial charge on any atom is -0.455 e. The normalized spacial score (nSPS) is 10.3. The van der Waals surface area contributed by atoms with E-state index in [-0.39, 0.29) is 13.0 Å². The van der Waals surface area contributed by atoms with E-state index in [1.54, 1.807) is 30.3 Å². The second-order valence-corrected chi connectivity index (χ2v) is 6.23. The summed E-state index contributed by atoms with van der Waals surface area (Å²) in [6.45, 7) is 3.38. The van der Waals surface area contributed by atoms with Gasteiger partial charge < -0.3 is 10.1 Å². The van der Waals surface area contributed by atoms with Gasteiger partial charge in [-0.25, -0.2) is 0 Å². The highest BCUT2D eigenvalue weighted by Gasteiger charge is 2.13. The molecular weight excluding hydrogens is 349 g/mol. The number of hydrogen-bond acceptors (Lipinski definition) is 3. The van der Waals surface area contributed by atoms with Gasteiger partial charge in [0.15, 0.2) is 6.61 Å². The predicted molar refractivity (Wildman–Crippen MR) is 95.7 cm³/mol. The van der Waals surface area contributed by atoms with Crippen molar-refractivity contribution in [3.05, 3.63) is 63.1 Å². The number of carbonyl (C=O) groups excluding carboxylic acids is 2. The zero-order valence-corrected chi connectivity index (χ0v) is 14.9. The Hall–Kier alpha value is -2.04. The van der Waals surface area contributed by atoms with Crippen molar-refractivity contribution in [1.82, 2.24) is 0 Å². The molecule has 0 unspecified atom stereocenters. The molecule has 4 nitrogen and oxygen atoms in total. The molecule has 0 spiro atoms. The molecule has 0 aliphatic rings. The van der Waals surface area contributed by atoms with Crippen LogP contribution in [0, 0.1) is 13.8 Å². The fourth-order valence-electron chi connectivity index (χ4n) is 2.24. The van der Waals surface area contributed by atoms with Crippen LogP contribution in [-0.2, 0) is 20.7 Å². The van der Waals surface area contributed by atoms with Gasteiger partial charge in [0.1, 0.15) is 0 Å². The van der Waals surface area contributed by atoms with Crippen molar-refractivity contribution in [1.29, 1.82) is 0 Å². The van der Waals surface area contributed by atoms with Crippen molar-refractivity contribution in [2.24, 2.45) is 0 Å². The van der Waals surface area contributed by atoms with Gasteiger partial charge in [-0.2, -0.15) is 0 Å². The molecule has 24 heavy (non-hydrogen) atoms. The van der Waals surface area contributed by atoms with Crippen molar-refractivity contribution in [3.63, 3.8) is 0 Å². The van der Waals surface area contributed by atoms with Crippen molar-refractivity contribution in [2.45, 2.75) is 20.3 Å². The van der Waals surface area contributed by atoms with Gasteiger partial charge in [0.25, 0.3) is 5.91 Å². The number of hydrogen-bond donors (Lipinski definition) is 1. The maximum atomic E-state index is 12.0. The number of aryl methyl sites for hydroxylation is 2. The average molecular weight is 366 g/mol. The number of carbonyl (C=O) groups is 2. The summed E-state index contributed by atoms with van der Waals surface area (Å²) in [6.07, 6.45) is 0.0112. The van der Waals surface area contributed by atoms with Gasteiger partial charge in [0.05, 0.1) is 17.1 Å². The first-order chi connectivity index (χ1) is 11.4. The van der Waals surface area contributed by atoms with Crippen LogP contribution < -0.4 is 5.32 Å². The fraction of sp³-hybridized carbons (Fsp3) is 0.222. The molecule has 0 bridgehead atoms. The number of nitrogens with one attached hydrogen (secondary N) is 1. The van der Waals surface area contributed by atoms with Crippen molar-refractivity contribution in [3.8, 4) is 0 Å². The zero-order chi connectivity index (χ0) is 17.7. The Bertz CT molecular complexity index is 752. The van der Waals surface area contributed by atoms with Crippen LogP contribution in [0.2, 0.25) is 10.0 Å². The van der Waals surface area contributed by atoms with Crippen LogP contribution in [0.25, 0.3) is 0 Å². The summed E-state index contributed by atoms with van der Waals surface area (Å²) >= 11 is 12.1. The van der Waals surface area contributed by atoms with Gasteiger partial charge >= 0.3 is 5.97 Å². The molecular formula is C18H17Cl2NO3. The summed E-state index contributed by atoms with van der Waals surface area (Å²) in [6, 6.07) is 10.7. The number of rotatable bonds is 5. The maximum Gasteiger partial charge on any atom is 0.310 e. The van der Waals surface area contributed by atoms with Gasteiger partial charge in [0, 0.05) is 5.02 Å². The Kier molecular flexibility index (Phi) is 6.23. The molecule has 0 aliphatic carbocycles. The van der Waals surface area contributed by atoms with Crippen LogP contribution in [0.15, 0.2) is 36.4 Å².